The molecule has 0 rings (SSSR count). The summed E-state index contributed by atoms with van der Waals surface area (Å²) in [7, 11) is 0. The quantitative estimate of drug-likeness (QED) is 0.143. The second-order valence-corrected chi connectivity index (χ2v) is 8.19. The topological polar surface area (TPSA) is 96.2 Å². The van der Waals surface area contributed by atoms with Gasteiger partial charge in [0.15, 0.2) is 0 Å². The van der Waals surface area contributed by atoms with Gasteiger partial charge in [-0.15, -0.1) is 0 Å². The molecule has 0 spiro atoms. The Kier molecular flexibility index (Phi) is 20.6. The number of carbonyl (C=O) groups is 1. The summed E-state index contributed by atoms with van der Waals surface area (Å²) in [6.07, 6.45) is 16.6. The molecular formula is C24H46O6. The predicted molar refractivity (Wildman–Crippen MR) is 120 cm³/mol. The molecule has 0 aromatic rings. The highest BCUT2D eigenvalue weighted by atomic mass is 16.5. The number of allylic oxidation sites excluding steroid dienone is 2. The average Bonchev–Trinajstić information content (AvgIpc) is 2.73. The summed E-state index contributed by atoms with van der Waals surface area (Å²) >= 11 is 0. The number of unbranched alkanes of at least 4 members (excludes halogenated alkanes) is 9. The van der Waals surface area contributed by atoms with Gasteiger partial charge in [-0.1, -0.05) is 64.0 Å². The first kappa shape index (κ1) is 29.1. The number of carbonyl (C=O) groups excluding carboxylic acids is 1. The fourth-order valence-electron chi connectivity index (χ4n) is 3.09. The van der Waals surface area contributed by atoms with Crippen LogP contribution in [0, 0.1) is 0 Å². The number of aliphatic hydroxyl groups excluding tert-OH is 3. The second-order valence-electron chi connectivity index (χ2n) is 8.19. The number of hydrogen-bond acceptors (Lipinski definition) is 6. The highest BCUT2D eigenvalue weighted by molar-refractivity contribution is 5.69. The normalized spacial score (nSPS) is 14.7. The van der Waals surface area contributed by atoms with Crippen molar-refractivity contribution < 1.29 is 29.6 Å². The first-order valence-corrected chi connectivity index (χ1v) is 11.9. The van der Waals surface area contributed by atoms with Gasteiger partial charge in [0.25, 0.3) is 0 Å². The van der Waals surface area contributed by atoms with E-state index in [2.05, 4.69) is 19.1 Å². The minimum absolute atomic E-state index is 0.00791. The van der Waals surface area contributed by atoms with Crippen LogP contribution in [0.3, 0.4) is 0 Å². The van der Waals surface area contributed by atoms with Gasteiger partial charge < -0.3 is 24.8 Å². The molecule has 3 N–H and O–H groups in total. The minimum Gasteiger partial charge on any atom is -0.463 e. The van der Waals surface area contributed by atoms with Gasteiger partial charge in [-0.2, -0.15) is 0 Å². The molecule has 6 heteroatoms. The van der Waals surface area contributed by atoms with Crippen LogP contribution in [0.25, 0.3) is 0 Å². The molecule has 0 saturated carbocycles. The highest BCUT2D eigenvalue weighted by Gasteiger charge is 2.17. The van der Waals surface area contributed by atoms with E-state index in [1.54, 1.807) is 6.92 Å². The van der Waals surface area contributed by atoms with Gasteiger partial charge in [0, 0.05) is 0 Å². The van der Waals surface area contributed by atoms with Crippen molar-refractivity contribution in [3.05, 3.63) is 12.2 Å². The monoisotopic (exact) mass is 430 g/mol. The molecule has 0 aliphatic rings. The van der Waals surface area contributed by atoms with Crippen LogP contribution in [-0.4, -0.2) is 59.4 Å². The van der Waals surface area contributed by atoms with Crippen LogP contribution in [0.2, 0.25) is 0 Å². The first-order chi connectivity index (χ1) is 14.5. The van der Waals surface area contributed by atoms with Gasteiger partial charge in [0.1, 0.15) is 12.7 Å². The summed E-state index contributed by atoms with van der Waals surface area (Å²) in [5, 5.41) is 27.6. The Morgan fingerprint density at radius 3 is 2.10 bits per heavy atom. The third kappa shape index (κ3) is 20.3. The Hall–Kier alpha value is -0.950. The summed E-state index contributed by atoms with van der Waals surface area (Å²) in [5.74, 6) is -0.419. The highest BCUT2D eigenvalue weighted by Crippen LogP contribution is 2.14. The fraction of sp³-hybridized carbons (Fsp3) is 0.875. The Balaban J connectivity index is 3.91. The van der Waals surface area contributed by atoms with Crippen molar-refractivity contribution in [2.75, 3.05) is 19.8 Å². The van der Waals surface area contributed by atoms with Crippen LogP contribution < -0.4 is 0 Å². The van der Waals surface area contributed by atoms with Crippen molar-refractivity contribution in [2.45, 2.75) is 116 Å². The van der Waals surface area contributed by atoms with Gasteiger partial charge in [0.2, 0.25) is 0 Å². The predicted octanol–water partition coefficient (Wildman–Crippen LogP) is 4.30. The molecule has 0 aliphatic heterocycles. The summed E-state index contributed by atoms with van der Waals surface area (Å²) in [5.41, 5.74) is 0. The Labute approximate surface area is 183 Å². The van der Waals surface area contributed by atoms with Gasteiger partial charge in [0.05, 0.1) is 31.8 Å². The molecule has 6 nitrogen and oxygen atoms in total. The summed E-state index contributed by atoms with van der Waals surface area (Å²) in [6, 6.07) is 0. The zero-order valence-electron chi connectivity index (χ0n) is 19.3. The third-order valence-electron chi connectivity index (χ3n) is 4.90. The second kappa shape index (κ2) is 21.3. The molecule has 0 radical (unpaired) electrons. The van der Waals surface area contributed by atoms with Gasteiger partial charge in [-0.3, -0.25) is 4.79 Å². The summed E-state index contributed by atoms with van der Waals surface area (Å²) < 4.78 is 10.6. The lowest BCUT2D eigenvalue weighted by atomic mass is 10.1. The molecule has 0 aromatic heterocycles. The maximum atomic E-state index is 11.9. The zero-order chi connectivity index (χ0) is 22.5. The number of ether oxygens (including phenoxy) is 2. The average molecular weight is 431 g/mol. The summed E-state index contributed by atoms with van der Waals surface area (Å²) in [4.78, 5) is 11.9. The van der Waals surface area contributed by atoms with E-state index < -0.39 is 18.2 Å². The molecular weight excluding hydrogens is 384 g/mol. The van der Waals surface area contributed by atoms with Crippen molar-refractivity contribution in [3.8, 4) is 0 Å². The van der Waals surface area contributed by atoms with Crippen molar-refractivity contribution in [2.24, 2.45) is 0 Å². The van der Waals surface area contributed by atoms with E-state index in [1.807, 2.05) is 0 Å². The molecule has 0 heterocycles. The van der Waals surface area contributed by atoms with E-state index in [0.717, 1.165) is 25.7 Å². The lowest BCUT2D eigenvalue weighted by Crippen LogP contribution is -2.27. The number of hydrogen-bond donors (Lipinski definition) is 3. The maximum Gasteiger partial charge on any atom is 0.308 e. The molecule has 0 fully saturated rings. The molecule has 0 aromatic carbocycles. The molecule has 0 aliphatic carbocycles. The van der Waals surface area contributed by atoms with E-state index in [9.17, 15) is 15.0 Å². The van der Waals surface area contributed by atoms with Crippen molar-refractivity contribution in [1.82, 2.24) is 0 Å². The number of aliphatic hydroxyl groups is 3. The van der Waals surface area contributed by atoms with E-state index in [0.29, 0.717) is 6.42 Å². The standard InChI is InChI=1S/C24H46O6/c1-3-4-5-6-7-8-9-10-11-12-13-14-15-16-23(29-20-22(27)18-25)17-24(28)30-19-21(2)26/h10-11,21-23,25-27H,3-9,12-20H2,1-2H3/b11-10-. The minimum atomic E-state index is -0.947. The Morgan fingerprint density at radius 1 is 0.900 bits per heavy atom. The van der Waals surface area contributed by atoms with Crippen LogP contribution in [0.4, 0.5) is 0 Å². The van der Waals surface area contributed by atoms with Gasteiger partial charge in [-0.05, 0) is 39.0 Å². The van der Waals surface area contributed by atoms with E-state index in [4.69, 9.17) is 14.6 Å². The van der Waals surface area contributed by atoms with Crippen molar-refractivity contribution >= 4 is 5.97 Å². The number of esters is 1. The molecule has 3 atom stereocenters. The van der Waals surface area contributed by atoms with Crippen LogP contribution >= 0.6 is 0 Å². The fourth-order valence-corrected chi connectivity index (χ4v) is 3.09. The zero-order valence-corrected chi connectivity index (χ0v) is 19.3. The molecule has 0 saturated heterocycles. The molecule has 0 bridgehead atoms. The van der Waals surface area contributed by atoms with Gasteiger partial charge in [-0.25, -0.2) is 0 Å². The van der Waals surface area contributed by atoms with Crippen LogP contribution in [0.1, 0.15) is 97.3 Å². The van der Waals surface area contributed by atoms with Crippen molar-refractivity contribution in [3.63, 3.8) is 0 Å². The van der Waals surface area contributed by atoms with Crippen molar-refractivity contribution in [1.29, 1.82) is 0 Å². The Bertz CT molecular complexity index is 411. The number of rotatable bonds is 21. The van der Waals surface area contributed by atoms with Crippen LogP contribution in [0.5, 0.6) is 0 Å². The van der Waals surface area contributed by atoms with E-state index >= 15 is 0 Å². The van der Waals surface area contributed by atoms with Crippen LogP contribution in [0.15, 0.2) is 12.2 Å². The third-order valence-corrected chi connectivity index (χ3v) is 4.90. The Morgan fingerprint density at radius 2 is 1.50 bits per heavy atom. The maximum absolute atomic E-state index is 11.9. The molecule has 0 amide bonds. The SMILES string of the molecule is CCCCCCCC/C=C\CCCCCC(CC(=O)OCC(C)O)OCC(O)CO. The largest absolute Gasteiger partial charge is 0.463 e. The smallest absolute Gasteiger partial charge is 0.308 e. The molecule has 3 unspecified atom stereocenters. The van der Waals surface area contributed by atoms with Crippen LogP contribution in [-0.2, 0) is 14.3 Å². The van der Waals surface area contributed by atoms with E-state index in [1.165, 1.54) is 44.9 Å². The van der Waals surface area contributed by atoms with E-state index in [-0.39, 0.29) is 32.3 Å². The summed E-state index contributed by atoms with van der Waals surface area (Å²) in [6.45, 7) is 3.39. The first-order valence-electron chi connectivity index (χ1n) is 11.9. The molecule has 178 valence electrons. The lowest BCUT2D eigenvalue weighted by molar-refractivity contribution is -0.150. The lowest BCUT2D eigenvalue weighted by Gasteiger charge is -2.19. The van der Waals surface area contributed by atoms with Gasteiger partial charge >= 0.3 is 5.97 Å². The molecule has 30 heavy (non-hydrogen) atoms.